The lowest BCUT2D eigenvalue weighted by atomic mass is 10.0. The minimum atomic E-state index is -0.176. The van der Waals surface area contributed by atoms with Gasteiger partial charge >= 0.3 is 5.97 Å². The molecule has 0 aliphatic rings. The number of unbranched alkanes of at least 4 members (excludes halogenated alkanes) is 9. The molecule has 0 N–H and O–H groups in total. The molecule has 0 bridgehead atoms. The standard InChI is InChI=1S/C33H52NO3/c1-5-6-7-8-9-10-11-12-13-17-22-31-23-18-19-24-32(31)37-29(2)28-36-33(35)25-26-34(3,4)27-30-20-15-14-16-21-30/h14-16,18-21,23-24,29H,5-13,17,22,25-28H2,1-4H3/q+1. The van der Waals surface area contributed by atoms with E-state index in [0.717, 1.165) is 29.7 Å². The first-order valence-corrected chi connectivity index (χ1v) is 14.7. The number of hydrogen-bond donors (Lipinski definition) is 0. The zero-order valence-electron chi connectivity index (χ0n) is 24.1. The van der Waals surface area contributed by atoms with Gasteiger partial charge in [0.15, 0.2) is 0 Å². The summed E-state index contributed by atoms with van der Waals surface area (Å²) >= 11 is 0. The monoisotopic (exact) mass is 510 g/mol. The van der Waals surface area contributed by atoms with Crippen LogP contribution in [0.1, 0.15) is 95.6 Å². The SMILES string of the molecule is CCCCCCCCCCCCc1ccccc1OC(C)COC(=O)CC[N+](C)(C)Cc1ccccc1. The van der Waals surface area contributed by atoms with Gasteiger partial charge in [0.25, 0.3) is 0 Å². The molecule has 0 aliphatic carbocycles. The zero-order valence-corrected chi connectivity index (χ0v) is 24.1. The van der Waals surface area contributed by atoms with Gasteiger partial charge in [-0.2, -0.15) is 0 Å². The maximum atomic E-state index is 12.4. The summed E-state index contributed by atoms with van der Waals surface area (Å²) in [5.74, 6) is 0.760. The topological polar surface area (TPSA) is 35.5 Å². The molecule has 0 amide bonds. The Morgan fingerprint density at radius 2 is 1.41 bits per heavy atom. The fraction of sp³-hybridized carbons (Fsp3) is 0.606. The molecule has 0 saturated carbocycles. The van der Waals surface area contributed by atoms with Crippen LogP contribution in [-0.2, 0) is 22.5 Å². The Hall–Kier alpha value is -2.33. The normalized spacial score (nSPS) is 12.3. The van der Waals surface area contributed by atoms with Gasteiger partial charge in [-0.25, -0.2) is 0 Å². The van der Waals surface area contributed by atoms with Gasteiger partial charge in [0.2, 0.25) is 0 Å². The second kappa shape index (κ2) is 18.0. The quantitative estimate of drug-likeness (QED) is 0.102. The lowest BCUT2D eigenvalue weighted by Crippen LogP contribution is -2.40. The summed E-state index contributed by atoms with van der Waals surface area (Å²) in [7, 11) is 4.30. The van der Waals surface area contributed by atoms with E-state index < -0.39 is 0 Å². The number of quaternary nitrogens is 1. The van der Waals surface area contributed by atoms with Crippen LogP contribution in [0.2, 0.25) is 0 Å². The van der Waals surface area contributed by atoms with Crippen molar-refractivity contribution in [1.82, 2.24) is 0 Å². The number of hydrogen-bond acceptors (Lipinski definition) is 3. The van der Waals surface area contributed by atoms with Crippen LogP contribution in [0.5, 0.6) is 5.75 Å². The van der Waals surface area contributed by atoms with Gasteiger partial charge in [0, 0.05) is 5.56 Å². The third-order valence-electron chi connectivity index (χ3n) is 6.95. The highest BCUT2D eigenvalue weighted by atomic mass is 16.6. The molecule has 0 heterocycles. The third-order valence-corrected chi connectivity index (χ3v) is 6.95. The molecule has 2 rings (SSSR count). The number of nitrogens with zero attached hydrogens (tertiary/aromatic N) is 1. The fourth-order valence-corrected chi connectivity index (χ4v) is 4.71. The molecule has 0 aromatic heterocycles. The number of esters is 1. The van der Waals surface area contributed by atoms with E-state index >= 15 is 0 Å². The molecule has 0 radical (unpaired) electrons. The molecular formula is C33H52NO3+. The van der Waals surface area contributed by atoms with Crippen LogP contribution < -0.4 is 4.74 Å². The van der Waals surface area contributed by atoms with Crippen molar-refractivity contribution < 1.29 is 18.8 Å². The highest BCUT2D eigenvalue weighted by molar-refractivity contribution is 5.69. The summed E-state index contributed by atoms with van der Waals surface area (Å²) in [6.45, 7) is 6.15. The molecule has 2 aromatic rings. The lowest BCUT2D eigenvalue weighted by Gasteiger charge is -2.29. The number of aryl methyl sites for hydroxylation is 1. The molecule has 0 spiro atoms. The van der Waals surface area contributed by atoms with E-state index in [2.05, 4.69) is 57.4 Å². The van der Waals surface area contributed by atoms with E-state index in [0.29, 0.717) is 6.42 Å². The maximum absolute atomic E-state index is 12.4. The summed E-state index contributed by atoms with van der Waals surface area (Å²) < 4.78 is 12.5. The number of carbonyl (C=O) groups excluding carboxylic acids is 1. The van der Waals surface area contributed by atoms with Gasteiger partial charge in [-0.15, -0.1) is 0 Å². The van der Waals surface area contributed by atoms with Gasteiger partial charge in [-0.3, -0.25) is 4.79 Å². The minimum absolute atomic E-state index is 0.159. The van der Waals surface area contributed by atoms with Gasteiger partial charge < -0.3 is 14.0 Å². The fourth-order valence-electron chi connectivity index (χ4n) is 4.71. The number of para-hydroxylation sites is 1. The second-order valence-corrected chi connectivity index (χ2v) is 11.2. The minimum Gasteiger partial charge on any atom is -0.487 e. The zero-order chi connectivity index (χ0) is 26.8. The molecule has 37 heavy (non-hydrogen) atoms. The molecule has 1 unspecified atom stereocenters. The maximum Gasteiger partial charge on any atom is 0.311 e. The molecule has 0 fully saturated rings. The van der Waals surface area contributed by atoms with Gasteiger partial charge in [0.05, 0.1) is 27.1 Å². The summed E-state index contributed by atoms with van der Waals surface area (Å²) in [5, 5.41) is 0. The van der Waals surface area contributed by atoms with E-state index in [-0.39, 0.29) is 18.7 Å². The first-order valence-electron chi connectivity index (χ1n) is 14.7. The van der Waals surface area contributed by atoms with Gasteiger partial charge in [-0.1, -0.05) is 113 Å². The van der Waals surface area contributed by atoms with Crippen molar-refractivity contribution in [3.05, 3.63) is 65.7 Å². The highest BCUT2D eigenvalue weighted by Crippen LogP contribution is 2.22. The van der Waals surface area contributed by atoms with E-state index in [4.69, 9.17) is 9.47 Å². The Labute approximate surface area is 227 Å². The average molecular weight is 511 g/mol. The molecule has 4 heteroatoms. The molecule has 206 valence electrons. The van der Waals surface area contributed by atoms with Gasteiger partial charge in [0.1, 0.15) is 25.0 Å². The number of carbonyl (C=O) groups is 1. The van der Waals surface area contributed by atoms with Crippen LogP contribution in [0, 0.1) is 0 Å². The first kappa shape index (κ1) is 30.9. The van der Waals surface area contributed by atoms with Crippen molar-refractivity contribution in [3.63, 3.8) is 0 Å². The number of rotatable bonds is 20. The number of ether oxygens (including phenoxy) is 2. The summed E-state index contributed by atoms with van der Waals surface area (Å²) in [4.78, 5) is 12.4. The predicted molar refractivity (Wildman–Crippen MR) is 155 cm³/mol. The summed E-state index contributed by atoms with van der Waals surface area (Å²) in [5.41, 5.74) is 2.53. The Morgan fingerprint density at radius 1 is 0.811 bits per heavy atom. The van der Waals surface area contributed by atoms with Crippen LogP contribution >= 0.6 is 0 Å². The Bertz CT molecular complexity index is 865. The summed E-state index contributed by atoms with van der Waals surface area (Å²) in [6.07, 6.45) is 14.7. The van der Waals surface area contributed by atoms with Crippen molar-refractivity contribution in [1.29, 1.82) is 0 Å². The second-order valence-electron chi connectivity index (χ2n) is 11.2. The van der Waals surface area contributed by atoms with E-state index in [1.54, 1.807) is 0 Å². The smallest absolute Gasteiger partial charge is 0.311 e. The van der Waals surface area contributed by atoms with E-state index in [9.17, 15) is 4.79 Å². The first-order chi connectivity index (χ1) is 17.9. The van der Waals surface area contributed by atoms with Crippen LogP contribution in [0.4, 0.5) is 0 Å². The predicted octanol–water partition coefficient (Wildman–Crippen LogP) is 8.13. The van der Waals surface area contributed by atoms with E-state index in [1.807, 2.05) is 25.1 Å². The lowest BCUT2D eigenvalue weighted by molar-refractivity contribution is -0.903. The molecule has 0 saturated heterocycles. The third kappa shape index (κ3) is 14.3. The Kier molecular flexibility index (Phi) is 15.0. The summed E-state index contributed by atoms with van der Waals surface area (Å²) in [6, 6.07) is 18.7. The van der Waals surface area contributed by atoms with Crippen molar-refractivity contribution >= 4 is 5.97 Å². The van der Waals surface area contributed by atoms with Crippen molar-refractivity contribution in [3.8, 4) is 5.75 Å². The highest BCUT2D eigenvalue weighted by Gasteiger charge is 2.19. The van der Waals surface area contributed by atoms with Crippen LogP contribution in [-0.4, -0.2) is 43.8 Å². The van der Waals surface area contributed by atoms with Crippen molar-refractivity contribution in [2.75, 3.05) is 27.2 Å². The molecular weight excluding hydrogens is 458 g/mol. The average Bonchev–Trinajstić information content (AvgIpc) is 2.88. The molecule has 0 aliphatic heterocycles. The largest absolute Gasteiger partial charge is 0.487 e. The van der Waals surface area contributed by atoms with Crippen molar-refractivity contribution in [2.24, 2.45) is 0 Å². The van der Waals surface area contributed by atoms with Crippen LogP contribution in [0.25, 0.3) is 0 Å². The Morgan fingerprint density at radius 3 is 2.08 bits per heavy atom. The van der Waals surface area contributed by atoms with Crippen LogP contribution in [0.3, 0.4) is 0 Å². The molecule has 1 atom stereocenters. The Balaban J connectivity index is 1.63. The van der Waals surface area contributed by atoms with Crippen molar-refractivity contribution in [2.45, 2.75) is 104 Å². The molecule has 2 aromatic carbocycles. The van der Waals surface area contributed by atoms with E-state index in [1.165, 1.54) is 75.3 Å². The number of benzene rings is 2. The van der Waals surface area contributed by atoms with Gasteiger partial charge in [-0.05, 0) is 31.4 Å². The van der Waals surface area contributed by atoms with Crippen LogP contribution in [0.15, 0.2) is 54.6 Å². The molecule has 4 nitrogen and oxygen atoms in total.